The van der Waals surface area contributed by atoms with E-state index >= 15 is 0 Å². The lowest BCUT2D eigenvalue weighted by molar-refractivity contribution is 0.104. The molecule has 0 amide bonds. The fourth-order valence-electron chi connectivity index (χ4n) is 2.35. The van der Waals surface area contributed by atoms with E-state index in [0.29, 0.717) is 16.3 Å². The number of rotatable bonds is 7. The number of ether oxygens (including phenoxy) is 1. The minimum Gasteiger partial charge on any atom is -0.370 e. The molecule has 0 unspecified atom stereocenters. The first-order valence-corrected chi connectivity index (χ1v) is 9.85. The quantitative estimate of drug-likeness (QED) is 0.631. The van der Waals surface area contributed by atoms with Crippen LogP contribution in [0.2, 0.25) is 5.02 Å². The summed E-state index contributed by atoms with van der Waals surface area (Å²) in [4.78, 5) is 4.28. The monoisotopic (exact) mass is 406 g/mol. The van der Waals surface area contributed by atoms with E-state index in [9.17, 15) is 12.8 Å². The zero-order valence-electron chi connectivity index (χ0n) is 14.1. The van der Waals surface area contributed by atoms with Gasteiger partial charge in [0.15, 0.2) is 0 Å². The van der Waals surface area contributed by atoms with Gasteiger partial charge in [0.1, 0.15) is 11.6 Å². The zero-order valence-corrected chi connectivity index (χ0v) is 15.7. The number of hydrogen-bond donors (Lipinski definition) is 1. The first kappa shape index (κ1) is 19.3. The second-order valence-electron chi connectivity index (χ2n) is 5.70. The molecule has 27 heavy (non-hydrogen) atoms. The Balaban J connectivity index is 1.65. The van der Waals surface area contributed by atoms with Crippen LogP contribution in [-0.4, -0.2) is 13.4 Å². The minimum absolute atomic E-state index is 0.0459. The maximum absolute atomic E-state index is 13.2. The van der Waals surface area contributed by atoms with Crippen molar-refractivity contribution in [2.24, 2.45) is 0 Å². The van der Waals surface area contributed by atoms with Crippen LogP contribution in [0.25, 0.3) is 0 Å². The van der Waals surface area contributed by atoms with Gasteiger partial charge in [-0.1, -0.05) is 35.9 Å². The van der Waals surface area contributed by atoms with Gasteiger partial charge in [-0.2, -0.15) is 0 Å². The van der Waals surface area contributed by atoms with E-state index < -0.39 is 10.0 Å². The van der Waals surface area contributed by atoms with Gasteiger partial charge >= 0.3 is 0 Å². The molecule has 0 aliphatic rings. The van der Waals surface area contributed by atoms with Gasteiger partial charge < -0.3 is 4.74 Å². The van der Waals surface area contributed by atoms with Crippen LogP contribution in [0.15, 0.2) is 71.6 Å². The van der Waals surface area contributed by atoms with E-state index in [4.69, 9.17) is 16.3 Å². The molecule has 0 fully saturated rings. The third kappa shape index (κ3) is 5.50. The second-order valence-corrected chi connectivity index (χ2v) is 7.82. The van der Waals surface area contributed by atoms with Gasteiger partial charge in [0, 0.05) is 5.02 Å². The van der Waals surface area contributed by atoms with Crippen molar-refractivity contribution in [3.8, 4) is 0 Å². The molecule has 5 nitrogen and oxygen atoms in total. The summed E-state index contributed by atoms with van der Waals surface area (Å²) in [6, 6.07) is 17.0. The molecule has 8 heteroatoms. The van der Waals surface area contributed by atoms with Crippen molar-refractivity contribution in [3.05, 3.63) is 88.8 Å². The highest BCUT2D eigenvalue weighted by atomic mass is 35.5. The van der Waals surface area contributed by atoms with Crippen LogP contribution in [0.1, 0.15) is 11.3 Å². The van der Waals surface area contributed by atoms with Gasteiger partial charge in [0.05, 0.1) is 23.8 Å². The molecule has 0 atom stereocenters. The van der Waals surface area contributed by atoms with Gasteiger partial charge in [0.25, 0.3) is 10.0 Å². The SMILES string of the molecule is O=S(=O)(Nc1cccc(COCc2cccc(F)c2)n1)c1cccc(Cl)c1. The van der Waals surface area contributed by atoms with Crippen molar-refractivity contribution >= 4 is 27.4 Å². The number of hydrogen-bond acceptors (Lipinski definition) is 4. The minimum atomic E-state index is -3.80. The molecule has 3 aromatic rings. The van der Waals surface area contributed by atoms with E-state index in [1.54, 1.807) is 36.4 Å². The standard InChI is InChI=1S/C19H16ClFN2O3S/c20-15-5-2-8-18(11-15)27(24,25)23-19-9-3-7-17(22-19)13-26-12-14-4-1-6-16(21)10-14/h1-11H,12-13H2,(H,22,23). The van der Waals surface area contributed by atoms with E-state index in [0.717, 1.165) is 0 Å². The van der Waals surface area contributed by atoms with Crippen molar-refractivity contribution in [2.75, 3.05) is 4.72 Å². The normalized spacial score (nSPS) is 11.3. The van der Waals surface area contributed by atoms with Crippen LogP contribution in [0.4, 0.5) is 10.2 Å². The highest BCUT2D eigenvalue weighted by Gasteiger charge is 2.15. The van der Waals surface area contributed by atoms with Crippen molar-refractivity contribution < 1.29 is 17.5 Å². The van der Waals surface area contributed by atoms with E-state index in [1.807, 2.05) is 0 Å². The summed E-state index contributed by atoms with van der Waals surface area (Å²) < 4.78 is 45.9. The predicted octanol–water partition coefficient (Wildman–Crippen LogP) is 4.39. The summed E-state index contributed by atoms with van der Waals surface area (Å²) in [6.07, 6.45) is 0. The Labute approximate surface area is 161 Å². The molecule has 3 rings (SSSR count). The fraction of sp³-hybridized carbons (Fsp3) is 0.105. The molecular formula is C19H16ClFN2O3S. The number of anilines is 1. The van der Waals surface area contributed by atoms with Gasteiger partial charge in [0.2, 0.25) is 0 Å². The molecule has 2 aromatic carbocycles. The van der Waals surface area contributed by atoms with Gasteiger partial charge in [-0.15, -0.1) is 0 Å². The zero-order chi connectivity index (χ0) is 19.3. The van der Waals surface area contributed by atoms with Crippen molar-refractivity contribution in [2.45, 2.75) is 18.1 Å². The lowest BCUT2D eigenvalue weighted by Crippen LogP contribution is -2.14. The summed E-state index contributed by atoms with van der Waals surface area (Å²) in [6.45, 7) is 0.376. The molecule has 0 aliphatic heterocycles. The molecule has 0 saturated carbocycles. The summed E-state index contributed by atoms with van der Waals surface area (Å²) in [7, 11) is -3.80. The molecule has 1 aromatic heterocycles. The number of benzene rings is 2. The molecule has 0 saturated heterocycles. The molecule has 0 aliphatic carbocycles. The maximum Gasteiger partial charge on any atom is 0.263 e. The molecule has 0 bridgehead atoms. The number of nitrogens with zero attached hydrogens (tertiary/aromatic N) is 1. The molecule has 0 spiro atoms. The smallest absolute Gasteiger partial charge is 0.263 e. The van der Waals surface area contributed by atoms with Crippen molar-refractivity contribution in [3.63, 3.8) is 0 Å². The first-order chi connectivity index (χ1) is 12.9. The lowest BCUT2D eigenvalue weighted by Gasteiger charge is -2.09. The average molecular weight is 407 g/mol. The van der Waals surface area contributed by atoms with Crippen LogP contribution in [0.3, 0.4) is 0 Å². The lowest BCUT2D eigenvalue weighted by atomic mass is 10.2. The Morgan fingerprint density at radius 1 is 1.00 bits per heavy atom. The number of nitrogens with one attached hydrogen (secondary N) is 1. The average Bonchev–Trinajstić information content (AvgIpc) is 2.62. The number of pyridine rings is 1. The van der Waals surface area contributed by atoms with Crippen LogP contribution in [0, 0.1) is 5.82 Å². The largest absolute Gasteiger partial charge is 0.370 e. The Kier molecular flexibility index (Phi) is 6.05. The molecule has 0 radical (unpaired) electrons. The second kappa shape index (κ2) is 8.47. The van der Waals surface area contributed by atoms with E-state index in [1.165, 1.54) is 30.3 Å². The Hall–Kier alpha value is -2.48. The summed E-state index contributed by atoms with van der Waals surface area (Å²) in [5, 5.41) is 0.324. The van der Waals surface area contributed by atoms with Crippen molar-refractivity contribution in [1.29, 1.82) is 0 Å². The number of sulfonamides is 1. The van der Waals surface area contributed by atoms with Crippen LogP contribution < -0.4 is 4.72 Å². The van der Waals surface area contributed by atoms with Gasteiger partial charge in [-0.05, 0) is 48.0 Å². The summed E-state index contributed by atoms with van der Waals surface area (Å²) >= 11 is 5.85. The van der Waals surface area contributed by atoms with Crippen molar-refractivity contribution in [1.82, 2.24) is 4.98 Å². The topological polar surface area (TPSA) is 68.3 Å². The number of halogens is 2. The highest BCUT2D eigenvalue weighted by molar-refractivity contribution is 7.92. The van der Waals surface area contributed by atoms with Gasteiger partial charge in [-0.3, -0.25) is 4.72 Å². The maximum atomic E-state index is 13.2. The van der Waals surface area contributed by atoms with E-state index in [-0.39, 0.29) is 29.7 Å². The molecule has 140 valence electrons. The third-order valence-corrected chi connectivity index (χ3v) is 5.15. The van der Waals surface area contributed by atoms with Crippen LogP contribution in [-0.2, 0) is 28.0 Å². The molecular weight excluding hydrogens is 391 g/mol. The Morgan fingerprint density at radius 2 is 1.78 bits per heavy atom. The summed E-state index contributed by atoms with van der Waals surface area (Å²) in [5.74, 6) is -0.159. The van der Waals surface area contributed by atoms with E-state index in [2.05, 4.69) is 9.71 Å². The molecule has 1 heterocycles. The van der Waals surface area contributed by atoms with Crippen LogP contribution in [0.5, 0.6) is 0 Å². The Bertz CT molecular complexity index is 1040. The molecule has 1 N–H and O–H groups in total. The third-order valence-electron chi connectivity index (χ3n) is 3.56. The Morgan fingerprint density at radius 3 is 2.56 bits per heavy atom. The van der Waals surface area contributed by atoms with Gasteiger partial charge in [-0.25, -0.2) is 17.8 Å². The fourth-order valence-corrected chi connectivity index (χ4v) is 3.65. The first-order valence-electron chi connectivity index (χ1n) is 7.99. The summed E-state index contributed by atoms with van der Waals surface area (Å²) in [5.41, 5.74) is 1.24. The van der Waals surface area contributed by atoms with Crippen LogP contribution >= 0.6 is 11.6 Å². The predicted molar refractivity (Wildman–Crippen MR) is 101 cm³/mol. The highest BCUT2D eigenvalue weighted by Crippen LogP contribution is 2.18. The number of aromatic nitrogens is 1.